The highest BCUT2D eigenvalue weighted by atomic mass is 16.5. The number of carbonyl (C=O) groups is 2. The normalized spacial score (nSPS) is 16.1. The SMILES string of the molecule is COc1ccc(C2CCCN2C(=O)CCc2ccc(C(=O)O)cc2)cc1OC. The van der Waals surface area contributed by atoms with Crippen molar-refractivity contribution in [2.45, 2.75) is 31.7 Å². The predicted octanol–water partition coefficient (Wildman–Crippen LogP) is 3.70. The zero-order valence-electron chi connectivity index (χ0n) is 16.2. The molecule has 1 atom stereocenters. The summed E-state index contributed by atoms with van der Waals surface area (Å²) in [6, 6.07) is 12.5. The molecular weight excluding hydrogens is 358 g/mol. The topological polar surface area (TPSA) is 76.1 Å². The Morgan fingerprint density at radius 1 is 1.07 bits per heavy atom. The van der Waals surface area contributed by atoms with Gasteiger partial charge in [-0.05, 0) is 54.7 Å². The van der Waals surface area contributed by atoms with E-state index in [-0.39, 0.29) is 17.5 Å². The van der Waals surface area contributed by atoms with Gasteiger partial charge in [0, 0.05) is 13.0 Å². The van der Waals surface area contributed by atoms with Gasteiger partial charge in [-0.15, -0.1) is 0 Å². The van der Waals surface area contributed by atoms with E-state index in [1.165, 1.54) is 0 Å². The van der Waals surface area contributed by atoms with E-state index in [4.69, 9.17) is 14.6 Å². The van der Waals surface area contributed by atoms with Crippen molar-refractivity contribution in [3.8, 4) is 11.5 Å². The van der Waals surface area contributed by atoms with E-state index in [2.05, 4.69) is 0 Å². The molecule has 1 unspecified atom stereocenters. The van der Waals surface area contributed by atoms with Crippen molar-refractivity contribution in [2.24, 2.45) is 0 Å². The van der Waals surface area contributed by atoms with Crippen molar-refractivity contribution < 1.29 is 24.2 Å². The Hall–Kier alpha value is -3.02. The van der Waals surface area contributed by atoms with Crippen LogP contribution in [0.3, 0.4) is 0 Å². The van der Waals surface area contributed by atoms with Crippen LogP contribution < -0.4 is 9.47 Å². The van der Waals surface area contributed by atoms with Crippen LogP contribution in [-0.4, -0.2) is 42.6 Å². The largest absolute Gasteiger partial charge is 0.493 e. The number of carboxylic acids is 1. The van der Waals surface area contributed by atoms with Crippen molar-refractivity contribution in [2.75, 3.05) is 20.8 Å². The molecule has 1 aliphatic rings. The first-order valence-corrected chi connectivity index (χ1v) is 9.37. The second-order valence-electron chi connectivity index (χ2n) is 6.86. The molecule has 1 fully saturated rings. The fourth-order valence-electron chi connectivity index (χ4n) is 3.68. The maximum Gasteiger partial charge on any atom is 0.335 e. The van der Waals surface area contributed by atoms with Gasteiger partial charge in [0.15, 0.2) is 11.5 Å². The zero-order chi connectivity index (χ0) is 20.1. The number of aryl methyl sites for hydroxylation is 1. The third kappa shape index (κ3) is 4.27. The molecular formula is C22H25NO5. The first kappa shape index (κ1) is 19.7. The second kappa shape index (κ2) is 8.78. The van der Waals surface area contributed by atoms with Gasteiger partial charge in [0.05, 0.1) is 25.8 Å². The Balaban J connectivity index is 1.66. The zero-order valence-corrected chi connectivity index (χ0v) is 16.2. The molecule has 1 saturated heterocycles. The lowest BCUT2D eigenvalue weighted by Gasteiger charge is -2.26. The Morgan fingerprint density at radius 3 is 2.43 bits per heavy atom. The van der Waals surface area contributed by atoms with Crippen molar-refractivity contribution in [1.29, 1.82) is 0 Å². The van der Waals surface area contributed by atoms with Crippen LogP contribution in [0.5, 0.6) is 11.5 Å². The van der Waals surface area contributed by atoms with Crippen LogP contribution in [0.4, 0.5) is 0 Å². The van der Waals surface area contributed by atoms with Crippen molar-refractivity contribution in [1.82, 2.24) is 4.90 Å². The summed E-state index contributed by atoms with van der Waals surface area (Å²) in [5.41, 5.74) is 2.26. The van der Waals surface area contributed by atoms with Gasteiger partial charge in [0.25, 0.3) is 0 Å². The van der Waals surface area contributed by atoms with Gasteiger partial charge in [-0.25, -0.2) is 4.79 Å². The van der Waals surface area contributed by atoms with E-state index >= 15 is 0 Å². The second-order valence-corrected chi connectivity index (χ2v) is 6.86. The van der Waals surface area contributed by atoms with E-state index in [1.807, 2.05) is 23.1 Å². The first-order chi connectivity index (χ1) is 13.5. The van der Waals surface area contributed by atoms with Crippen LogP contribution in [0, 0.1) is 0 Å². The molecule has 1 aliphatic heterocycles. The quantitative estimate of drug-likeness (QED) is 0.789. The molecule has 6 nitrogen and oxygen atoms in total. The van der Waals surface area contributed by atoms with Crippen LogP contribution in [0.1, 0.15) is 46.8 Å². The molecule has 0 saturated carbocycles. The minimum Gasteiger partial charge on any atom is -0.493 e. The fourth-order valence-corrected chi connectivity index (χ4v) is 3.68. The number of nitrogens with zero attached hydrogens (tertiary/aromatic N) is 1. The third-order valence-corrected chi connectivity index (χ3v) is 5.19. The highest BCUT2D eigenvalue weighted by Gasteiger charge is 2.30. The van der Waals surface area contributed by atoms with E-state index in [0.717, 1.165) is 30.5 Å². The molecule has 3 rings (SSSR count). The van der Waals surface area contributed by atoms with E-state index in [9.17, 15) is 9.59 Å². The molecule has 0 aliphatic carbocycles. The van der Waals surface area contributed by atoms with Crippen LogP contribution in [-0.2, 0) is 11.2 Å². The van der Waals surface area contributed by atoms with E-state index in [0.29, 0.717) is 24.3 Å². The molecule has 0 spiro atoms. The maximum atomic E-state index is 12.8. The summed E-state index contributed by atoms with van der Waals surface area (Å²) in [6.45, 7) is 0.746. The number of rotatable bonds is 7. The molecule has 0 radical (unpaired) electrons. The molecule has 1 heterocycles. The number of hydrogen-bond acceptors (Lipinski definition) is 4. The highest BCUT2D eigenvalue weighted by Crippen LogP contribution is 2.37. The van der Waals surface area contributed by atoms with Crippen LogP contribution in [0.25, 0.3) is 0 Å². The lowest BCUT2D eigenvalue weighted by atomic mass is 10.0. The lowest BCUT2D eigenvalue weighted by molar-refractivity contribution is -0.132. The molecule has 1 N–H and O–H groups in total. The molecule has 0 aromatic heterocycles. The van der Waals surface area contributed by atoms with Crippen LogP contribution >= 0.6 is 0 Å². The smallest absolute Gasteiger partial charge is 0.335 e. The standard InChI is InChI=1S/C22H25NO5/c1-27-19-11-10-17(14-20(19)28-2)18-4-3-13-23(18)21(24)12-7-15-5-8-16(9-6-15)22(25)26/h5-6,8-11,14,18H,3-4,7,12-13H2,1-2H3,(H,25,26). The number of amides is 1. The number of carbonyl (C=O) groups excluding carboxylic acids is 1. The van der Waals surface area contributed by atoms with Crippen LogP contribution in [0.2, 0.25) is 0 Å². The Bertz CT molecular complexity index is 847. The monoisotopic (exact) mass is 383 g/mol. The molecule has 2 aromatic rings. The highest BCUT2D eigenvalue weighted by molar-refractivity contribution is 5.87. The summed E-state index contributed by atoms with van der Waals surface area (Å²) in [4.78, 5) is 25.7. The van der Waals surface area contributed by atoms with E-state index < -0.39 is 5.97 Å². The Kier molecular flexibility index (Phi) is 6.19. The summed E-state index contributed by atoms with van der Waals surface area (Å²) in [6.07, 6.45) is 2.89. The summed E-state index contributed by atoms with van der Waals surface area (Å²) in [5.74, 6) is 0.502. The number of methoxy groups -OCH3 is 2. The van der Waals surface area contributed by atoms with Gasteiger partial charge in [0.2, 0.25) is 5.91 Å². The first-order valence-electron chi connectivity index (χ1n) is 9.37. The maximum absolute atomic E-state index is 12.8. The predicted molar refractivity (Wildman–Crippen MR) is 105 cm³/mol. The average Bonchev–Trinajstić information content (AvgIpc) is 3.21. The number of ether oxygens (including phenoxy) is 2. The summed E-state index contributed by atoms with van der Waals surface area (Å²) in [5, 5.41) is 8.97. The molecule has 0 bridgehead atoms. The van der Waals surface area contributed by atoms with Gasteiger partial charge in [-0.2, -0.15) is 0 Å². The van der Waals surface area contributed by atoms with E-state index in [1.54, 1.807) is 38.5 Å². The Morgan fingerprint density at radius 2 is 1.79 bits per heavy atom. The molecule has 6 heteroatoms. The fraction of sp³-hybridized carbons (Fsp3) is 0.364. The van der Waals surface area contributed by atoms with Crippen molar-refractivity contribution in [3.63, 3.8) is 0 Å². The van der Waals surface area contributed by atoms with Crippen molar-refractivity contribution >= 4 is 11.9 Å². The number of aromatic carboxylic acids is 1. The molecule has 148 valence electrons. The third-order valence-electron chi connectivity index (χ3n) is 5.19. The number of carboxylic acid groups (broad SMARTS) is 1. The summed E-state index contributed by atoms with van der Waals surface area (Å²) >= 11 is 0. The van der Waals surface area contributed by atoms with Crippen LogP contribution in [0.15, 0.2) is 42.5 Å². The van der Waals surface area contributed by atoms with Gasteiger partial charge in [0.1, 0.15) is 0 Å². The molecule has 28 heavy (non-hydrogen) atoms. The molecule has 2 aromatic carbocycles. The summed E-state index contributed by atoms with van der Waals surface area (Å²) < 4.78 is 10.7. The number of likely N-dealkylation sites (tertiary alicyclic amines) is 1. The van der Waals surface area contributed by atoms with Gasteiger partial charge in [-0.1, -0.05) is 18.2 Å². The minimum absolute atomic E-state index is 0.0432. The number of hydrogen-bond donors (Lipinski definition) is 1. The molecule has 1 amide bonds. The number of benzene rings is 2. The van der Waals surface area contributed by atoms with Crippen molar-refractivity contribution in [3.05, 3.63) is 59.2 Å². The average molecular weight is 383 g/mol. The van der Waals surface area contributed by atoms with Gasteiger partial charge >= 0.3 is 5.97 Å². The lowest BCUT2D eigenvalue weighted by Crippen LogP contribution is -2.30. The summed E-state index contributed by atoms with van der Waals surface area (Å²) in [7, 11) is 3.21. The minimum atomic E-state index is -0.947. The van der Waals surface area contributed by atoms with Gasteiger partial charge < -0.3 is 19.5 Å². The van der Waals surface area contributed by atoms with Gasteiger partial charge in [-0.3, -0.25) is 4.79 Å². The Labute approximate surface area is 164 Å².